The van der Waals surface area contributed by atoms with Gasteiger partial charge in [-0.2, -0.15) is 0 Å². The smallest absolute Gasteiger partial charge is 0.344 e. The molecule has 2 heterocycles. The Bertz CT molecular complexity index is 909. The third kappa shape index (κ3) is 3.01. The molecule has 0 saturated heterocycles. The first kappa shape index (κ1) is 15.0. The minimum Gasteiger partial charge on any atom is -0.422 e. The molecule has 0 N–H and O–H groups in total. The lowest BCUT2D eigenvalue weighted by Crippen LogP contribution is -2.31. The second-order valence-electron chi connectivity index (χ2n) is 5.64. The van der Waals surface area contributed by atoms with E-state index in [-0.39, 0.29) is 5.63 Å². The molecule has 0 spiro atoms. The first-order valence-electron chi connectivity index (χ1n) is 7.44. The van der Waals surface area contributed by atoms with E-state index in [1.807, 2.05) is 78.4 Å². The summed E-state index contributed by atoms with van der Waals surface area (Å²) in [6.07, 6.45) is 5.68. The molecule has 3 rings (SSSR count). The molecule has 3 aromatic rings. The highest BCUT2D eigenvalue weighted by atomic mass is 16.4. The van der Waals surface area contributed by atoms with Gasteiger partial charge in [-0.25, -0.2) is 9.36 Å². The number of rotatable bonds is 4. The summed E-state index contributed by atoms with van der Waals surface area (Å²) in [6, 6.07) is 11.6. The van der Waals surface area contributed by atoms with Gasteiger partial charge in [0.25, 0.3) is 0 Å². The van der Waals surface area contributed by atoms with E-state index in [0.717, 1.165) is 23.2 Å². The molecule has 0 atom stereocenters. The van der Waals surface area contributed by atoms with Crippen molar-refractivity contribution >= 4 is 16.7 Å². The van der Waals surface area contributed by atoms with Gasteiger partial charge in [-0.1, -0.05) is 6.58 Å². The number of fused-ring (bicyclic) bond motifs is 1. The van der Waals surface area contributed by atoms with Crippen LogP contribution in [0.25, 0.3) is 22.1 Å². The van der Waals surface area contributed by atoms with Gasteiger partial charge in [0.2, 0.25) is 0 Å². The maximum absolute atomic E-state index is 12.3. The third-order valence-corrected chi connectivity index (χ3v) is 3.78. The average Bonchev–Trinajstić information content (AvgIpc) is 2.55. The lowest BCUT2D eigenvalue weighted by Gasteiger charge is -2.12. The molecule has 0 bridgehead atoms. The summed E-state index contributed by atoms with van der Waals surface area (Å²) >= 11 is 0. The van der Waals surface area contributed by atoms with E-state index in [1.165, 1.54) is 0 Å². The molecule has 0 saturated carbocycles. The summed E-state index contributed by atoms with van der Waals surface area (Å²) in [5, 5.41) is 0.910. The summed E-state index contributed by atoms with van der Waals surface area (Å²) in [5.74, 6) is 0. The zero-order chi connectivity index (χ0) is 16.4. The molecular formula is C19H19N2O2+. The van der Waals surface area contributed by atoms with E-state index < -0.39 is 0 Å². The van der Waals surface area contributed by atoms with Crippen LogP contribution < -0.4 is 15.1 Å². The second-order valence-corrected chi connectivity index (χ2v) is 5.64. The van der Waals surface area contributed by atoms with Gasteiger partial charge in [0.15, 0.2) is 18.9 Å². The van der Waals surface area contributed by atoms with Gasteiger partial charge in [0.05, 0.1) is 5.56 Å². The predicted octanol–water partition coefficient (Wildman–Crippen LogP) is 3.00. The SMILES string of the molecule is C=CC[n+]1ccc(-c2cc3ccc(N(C)C)cc3oc2=O)cc1. The van der Waals surface area contributed by atoms with Gasteiger partial charge < -0.3 is 9.32 Å². The van der Waals surface area contributed by atoms with Crippen LogP contribution in [0, 0.1) is 0 Å². The van der Waals surface area contributed by atoms with E-state index in [2.05, 4.69) is 6.58 Å². The van der Waals surface area contributed by atoms with Crippen LogP contribution in [0.1, 0.15) is 0 Å². The summed E-state index contributed by atoms with van der Waals surface area (Å²) in [6.45, 7) is 4.45. The molecule has 0 aliphatic carbocycles. The number of hydrogen-bond donors (Lipinski definition) is 0. The highest BCUT2D eigenvalue weighted by Crippen LogP contribution is 2.23. The van der Waals surface area contributed by atoms with Gasteiger partial charge >= 0.3 is 5.63 Å². The fraction of sp³-hybridized carbons (Fsp3) is 0.158. The van der Waals surface area contributed by atoms with E-state index in [4.69, 9.17) is 4.42 Å². The standard InChI is InChI=1S/C19H19N2O2/c1-4-9-21-10-7-14(8-11-21)17-12-15-5-6-16(20(2)3)13-18(15)23-19(17)22/h4-8,10-13H,1,9H2,2-3H3/q+1. The van der Waals surface area contributed by atoms with E-state index in [1.54, 1.807) is 0 Å². The van der Waals surface area contributed by atoms with Gasteiger partial charge in [0.1, 0.15) is 5.58 Å². The maximum atomic E-state index is 12.3. The molecule has 1 aromatic carbocycles. The van der Waals surface area contributed by atoms with Crippen LogP contribution in [0.3, 0.4) is 0 Å². The van der Waals surface area contributed by atoms with Crippen molar-refractivity contribution in [2.24, 2.45) is 0 Å². The quantitative estimate of drug-likeness (QED) is 0.422. The summed E-state index contributed by atoms with van der Waals surface area (Å²) in [4.78, 5) is 14.3. The fourth-order valence-electron chi connectivity index (χ4n) is 2.49. The zero-order valence-corrected chi connectivity index (χ0v) is 13.3. The number of nitrogens with zero attached hydrogens (tertiary/aromatic N) is 2. The molecule has 0 aliphatic heterocycles. The topological polar surface area (TPSA) is 37.3 Å². The van der Waals surface area contributed by atoms with Crippen molar-refractivity contribution in [1.82, 2.24) is 0 Å². The zero-order valence-electron chi connectivity index (χ0n) is 13.3. The van der Waals surface area contributed by atoms with Crippen LogP contribution in [0.5, 0.6) is 0 Å². The minimum atomic E-state index is -0.324. The Morgan fingerprint density at radius 3 is 2.57 bits per heavy atom. The molecule has 0 unspecified atom stereocenters. The Hall–Kier alpha value is -2.88. The number of hydrogen-bond acceptors (Lipinski definition) is 3. The first-order chi connectivity index (χ1) is 11.1. The Kier molecular flexibility index (Phi) is 3.98. The number of allylic oxidation sites excluding steroid dienone is 1. The molecule has 4 heteroatoms. The van der Waals surface area contributed by atoms with Crippen molar-refractivity contribution in [3.63, 3.8) is 0 Å². The van der Waals surface area contributed by atoms with Crippen molar-refractivity contribution in [1.29, 1.82) is 0 Å². The molecule has 0 radical (unpaired) electrons. The van der Waals surface area contributed by atoms with E-state index in [0.29, 0.717) is 11.1 Å². The fourth-order valence-corrected chi connectivity index (χ4v) is 2.49. The van der Waals surface area contributed by atoms with Crippen LogP contribution in [0.2, 0.25) is 0 Å². The molecule has 23 heavy (non-hydrogen) atoms. The van der Waals surface area contributed by atoms with Crippen molar-refractivity contribution in [2.75, 3.05) is 19.0 Å². The van der Waals surface area contributed by atoms with Crippen molar-refractivity contribution < 1.29 is 8.98 Å². The van der Waals surface area contributed by atoms with Crippen LogP contribution in [0.4, 0.5) is 5.69 Å². The number of aromatic nitrogens is 1. The van der Waals surface area contributed by atoms with E-state index in [9.17, 15) is 4.79 Å². The monoisotopic (exact) mass is 307 g/mol. The van der Waals surface area contributed by atoms with Gasteiger partial charge in [-0.3, -0.25) is 0 Å². The summed E-state index contributed by atoms with van der Waals surface area (Å²) in [5.41, 5.74) is 2.69. The Balaban J connectivity index is 2.07. The lowest BCUT2D eigenvalue weighted by atomic mass is 10.1. The molecule has 2 aromatic heterocycles. The predicted molar refractivity (Wildman–Crippen MR) is 92.6 cm³/mol. The molecule has 116 valence electrons. The largest absolute Gasteiger partial charge is 0.422 e. The minimum absolute atomic E-state index is 0.324. The summed E-state index contributed by atoms with van der Waals surface area (Å²) < 4.78 is 7.50. The van der Waals surface area contributed by atoms with Crippen molar-refractivity contribution in [3.05, 3.63) is 71.9 Å². The van der Waals surface area contributed by atoms with Gasteiger partial charge in [-0.15, -0.1) is 0 Å². The number of pyridine rings is 1. The lowest BCUT2D eigenvalue weighted by molar-refractivity contribution is -0.686. The molecule has 0 fully saturated rings. The highest BCUT2D eigenvalue weighted by Gasteiger charge is 2.10. The molecule has 0 aliphatic rings. The van der Waals surface area contributed by atoms with Crippen molar-refractivity contribution in [3.8, 4) is 11.1 Å². The number of benzene rings is 1. The highest BCUT2D eigenvalue weighted by molar-refractivity contribution is 5.84. The maximum Gasteiger partial charge on any atom is 0.344 e. The van der Waals surface area contributed by atoms with Crippen LogP contribution in [-0.4, -0.2) is 14.1 Å². The Morgan fingerprint density at radius 2 is 1.91 bits per heavy atom. The van der Waals surface area contributed by atoms with E-state index >= 15 is 0 Å². The van der Waals surface area contributed by atoms with Crippen LogP contribution in [0.15, 0.2) is 70.7 Å². The van der Waals surface area contributed by atoms with Gasteiger partial charge in [0, 0.05) is 48.9 Å². The van der Waals surface area contributed by atoms with Gasteiger partial charge in [-0.05, 0) is 24.3 Å². The van der Waals surface area contributed by atoms with Crippen LogP contribution in [-0.2, 0) is 6.54 Å². The normalized spacial score (nSPS) is 10.7. The Labute approximate surface area is 134 Å². The van der Waals surface area contributed by atoms with Crippen molar-refractivity contribution in [2.45, 2.75) is 6.54 Å². The van der Waals surface area contributed by atoms with Crippen LogP contribution >= 0.6 is 0 Å². The average molecular weight is 307 g/mol. The second kappa shape index (κ2) is 6.08. The number of anilines is 1. The Morgan fingerprint density at radius 1 is 1.17 bits per heavy atom. The molecular weight excluding hydrogens is 288 g/mol. The third-order valence-electron chi connectivity index (χ3n) is 3.78. The first-order valence-corrected chi connectivity index (χ1v) is 7.44. The summed E-state index contributed by atoms with van der Waals surface area (Å²) in [7, 11) is 3.91. The molecule has 4 nitrogen and oxygen atoms in total. The molecule has 0 amide bonds.